The number of Topliss-reactive ketones (excluding diaryl/α,β-unsaturated/α-hetero) is 1. The lowest BCUT2D eigenvalue weighted by atomic mass is 10.2. The lowest BCUT2D eigenvalue weighted by Crippen LogP contribution is -2.40. The zero-order valence-electron chi connectivity index (χ0n) is 12.7. The number of furan rings is 1. The number of para-hydroxylation sites is 1. The first-order valence-corrected chi connectivity index (χ1v) is 7.54. The first-order chi connectivity index (χ1) is 10.1. The van der Waals surface area contributed by atoms with Crippen LogP contribution in [0.1, 0.15) is 23.4 Å². The van der Waals surface area contributed by atoms with Gasteiger partial charge in [0.05, 0.1) is 6.54 Å². The molecule has 1 fully saturated rings. The van der Waals surface area contributed by atoms with E-state index in [2.05, 4.69) is 23.9 Å². The number of likely N-dealkylation sites (tertiary alicyclic amines) is 1. The van der Waals surface area contributed by atoms with Gasteiger partial charge in [0, 0.05) is 18.0 Å². The van der Waals surface area contributed by atoms with Crippen LogP contribution >= 0.6 is 0 Å². The molecule has 2 aromatic rings. The summed E-state index contributed by atoms with van der Waals surface area (Å²) in [6.45, 7) is 2.47. The summed E-state index contributed by atoms with van der Waals surface area (Å²) in [6, 6.07) is 10.1. The fourth-order valence-electron chi connectivity index (χ4n) is 3.11. The fraction of sp³-hybridized carbons (Fsp3) is 0.471. The molecule has 0 radical (unpaired) electrons. The summed E-state index contributed by atoms with van der Waals surface area (Å²) < 4.78 is 5.67. The van der Waals surface area contributed by atoms with Crippen molar-refractivity contribution in [3.63, 3.8) is 0 Å². The Balaban J connectivity index is 1.70. The van der Waals surface area contributed by atoms with Crippen LogP contribution < -0.4 is 0 Å². The number of rotatable bonds is 5. The maximum Gasteiger partial charge on any atom is 0.211 e. The van der Waals surface area contributed by atoms with Crippen molar-refractivity contribution in [2.75, 3.05) is 33.7 Å². The van der Waals surface area contributed by atoms with Crippen LogP contribution in [0.25, 0.3) is 11.0 Å². The van der Waals surface area contributed by atoms with Gasteiger partial charge in [0.15, 0.2) is 5.76 Å². The number of hydrogen-bond acceptors (Lipinski definition) is 4. The molecule has 0 bridgehead atoms. The first-order valence-electron chi connectivity index (χ1n) is 7.54. The maximum absolute atomic E-state index is 12.5. The van der Waals surface area contributed by atoms with E-state index in [1.165, 1.54) is 12.8 Å². The number of hydrogen-bond donors (Lipinski definition) is 0. The molecule has 1 unspecified atom stereocenters. The van der Waals surface area contributed by atoms with Gasteiger partial charge in [0.2, 0.25) is 5.78 Å². The maximum atomic E-state index is 12.5. The van der Waals surface area contributed by atoms with Gasteiger partial charge in [-0.3, -0.25) is 9.69 Å². The molecule has 0 spiro atoms. The molecule has 1 aromatic heterocycles. The molecule has 1 aromatic carbocycles. The quantitative estimate of drug-likeness (QED) is 0.792. The first kappa shape index (κ1) is 14.3. The van der Waals surface area contributed by atoms with Gasteiger partial charge in [-0.05, 0) is 45.6 Å². The van der Waals surface area contributed by atoms with Crippen molar-refractivity contribution < 1.29 is 9.21 Å². The second-order valence-corrected chi connectivity index (χ2v) is 6.10. The molecule has 1 aliphatic heterocycles. The molecule has 1 aliphatic rings. The molecule has 0 amide bonds. The number of ketones is 1. The topological polar surface area (TPSA) is 36.7 Å². The van der Waals surface area contributed by atoms with E-state index in [1.54, 1.807) is 0 Å². The number of likely N-dealkylation sites (N-methyl/N-ethyl adjacent to an activating group) is 1. The third-order valence-corrected chi connectivity index (χ3v) is 4.12. The smallest absolute Gasteiger partial charge is 0.211 e. The molecule has 4 heteroatoms. The van der Waals surface area contributed by atoms with Crippen molar-refractivity contribution in [1.82, 2.24) is 9.80 Å². The van der Waals surface area contributed by atoms with Crippen molar-refractivity contribution in [3.8, 4) is 0 Å². The third kappa shape index (κ3) is 3.17. The summed E-state index contributed by atoms with van der Waals surface area (Å²) in [4.78, 5) is 16.9. The summed E-state index contributed by atoms with van der Waals surface area (Å²) in [5, 5.41) is 0.993. The molecule has 1 saturated heterocycles. The van der Waals surface area contributed by atoms with E-state index in [0.29, 0.717) is 18.3 Å². The zero-order valence-corrected chi connectivity index (χ0v) is 12.7. The Kier molecular flexibility index (Phi) is 4.08. The molecular weight excluding hydrogens is 264 g/mol. The van der Waals surface area contributed by atoms with E-state index in [4.69, 9.17) is 4.42 Å². The highest BCUT2D eigenvalue weighted by molar-refractivity contribution is 5.98. The van der Waals surface area contributed by atoms with E-state index in [9.17, 15) is 4.79 Å². The van der Waals surface area contributed by atoms with E-state index >= 15 is 0 Å². The lowest BCUT2D eigenvalue weighted by Gasteiger charge is -2.25. The van der Waals surface area contributed by atoms with E-state index in [1.807, 2.05) is 30.3 Å². The van der Waals surface area contributed by atoms with Crippen molar-refractivity contribution in [1.29, 1.82) is 0 Å². The summed E-state index contributed by atoms with van der Waals surface area (Å²) in [6.07, 6.45) is 2.34. The largest absolute Gasteiger partial charge is 0.453 e. The Labute approximate surface area is 125 Å². The van der Waals surface area contributed by atoms with Crippen molar-refractivity contribution in [2.24, 2.45) is 0 Å². The van der Waals surface area contributed by atoms with Crippen molar-refractivity contribution >= 4 is 16.8 Å². The molecule has 0 N–H and O–H groups in total. The molecular formula is C17H22N2O2. The average molecular weight is 286 g/mol. The number of benzene rings is 1. The molecule has 4 nitrogen and oxygen atoms in total. The zero-order chi connectivity index (χ0) is 14.8. The fourth-order valence-corrected chi connectivity index (χ4v) is 3.11. The van der Waals surface area contributed by atoms with Gasteiger partial charge in [0.25, 0.3) is 0 Å². The number of carbonyl (C=O) groups is 1. The molecule has 0 saturated carbocycles. The number of nitrogens with zero attached hydrogens (tertiary/aromatic N) is 2. The van der Waals surface area contributed by atoms with Crippen LogP contribution in [0, 0.1) is 0 Å². The van der Waals surface area contributed by atoms with Gasteiger partial charge in [-0.25, -0.2) is 0 Å². The minimum Gasteiger partial charge on any atom is -0.453 e. The Morgan fingerprint density at radius 2 is 2.19 bits per heavy atom. The highest BCUT2D eigenvalue weighted by Gasteiger charge is 2.27. The summed E-state index contributed by atoms with van der Waals surface area (Å²) >= 11 is 0. The van der Waals surface area contributed by atoms with Crippen LogP contribution in [0.4, 0.5) is 0 Å². The van der Waals surface area contributed by atoms with Crippen LogP contribution in [0.5, 0.6) is 0 Å². The van der Waals surface area contributed by atoms with Gasteiger partial charge in [-0.2, -0.15) is 0 Å². The number of fused-ring (bicyclic) bond motifs is 1. The van der Waals surface area contributed by atoms with Crippen LogP contribution in [-0.2, 0) is 0 Å². The highest BCUT2D eigenvalue weighted by atomic mass is 16.3. The van der Waals surface area contributed by atoms with Crippen molar-refractivity contribution in [2.45, 2.75) is 18.9 Å². The molecule has 3 rings (SSSR count). The monoisotopic (exact) mass is 286 g/mol. The van der Waals surface area contributed by atoms with Crippen LogP contribution in [0.3, 0.4) is 0 Å². The van der Waals surface area contributed by atoms with Gasteiger partial charge in [-0.15, -0.1) is 0 Å². The second-order valence-electron chi connectivity index (χ2n) is 6.10. The molecule has 2 heterocycles. The van der Waals surface area contributed by atoms with Gasteiger partial charge in [0.1, 0.15) is 5.58 Å². The Bertz CT molecular complexity index is 600. The molecule has 112 valence electrons. The standard InChI is InChI=1S/C17H22N2O2/c1-18(2)11-14-7-5-9-19(14)12-15(20)17-10-13-6-3-4-8-16(13)21-17/h3-4,6,8,10,14H,5,7,9,11-12H2,1-2H3. The highest BCUT2D eigenvalue weighted by Crippen LogP contribution is 2.22. The SMILES string of the molecule is CN(C)CC1CCCN1CC(=O)c1cc2ccccc2o1. The molecule has 21 heavy (non-hydrogen) atoms. The Morgan fingerprint density at radius 3 is 2.95 bits per heavy atom. The van der Waals surface area contributed by atoms with Gasteiger partial charge in [-0.1, -0.05) is 18.2 Å². The average Bonchev–Trinajstić information content (AvgIpc) is 3.05. The normalized spacial score (nSPS) is 19.7. The van der Waals surface area contributed by atoms with E-state index < -0.39 is 0 Å². The van der Waals surface area contributed by atoms with E-state index in [0.717, 1.165) is 24.1 Å². The predicted octanol–water partition coefficient (Wildman–Crippen LogP) is 2.64. The summed E-state index contributed by atoms with van der Waals surface area (Å²) in [7, 11) is 4.16. The Hall–Kier alpha value is -1.65. The molecule has 1 atom stereocenters. The van der Waals surface area contributed by atoms with Crippen LogP contribution in [0.2, 0.25) is 0 Å². The Morgan fingerprint density at radius 1 is 1.38 bits per heavy atom. The van der Waals surface area contributed by atoms with Gasteiger partial charge < -0.3 is 9.32 Å². The van der Waals surface area contributed by atoms with E-state index in [-0.39, 0.29) is 5.78 Å². The molecule has 0 aliphatic carbocycles. The second kappa shape index (κ2) is 6.00. The predicted molar refractivity (Wildman–Crippen MR) is 83.7 cm³/mol. The van der Waals surface area contributed by atoms with Crippen molar-refractivity contribution in [3.05, 3.63) is 36.1 Å². The summed E-state index contributed by atoms with van der Waals surface area (Å²) in [5.41, 5.74) is 0.784. The lowest BCUT2D eigenvalue weighted by molar-refractivity contribution is 0.0885. The summed E-state index contributed by atoms with van der Waals surface area (Å²) in [5.74, 6) is 0.559. The third-order valence-electron chi connectivity index (χ3n) is 4.12. The van der Waals surface area contributed by atoms with Crippen LogP contribution in [0.15, 0.2) is 34.7 Å². The van der Waals surface area contributed by atoms with Crippen LogP contribution in [-0.4, -0.2) is 55.4 Å². The minimum absolute atomic E-state index is 0.0804. The minimum atomic E-state index is 0.0804. The number of carbonyl (C=O) groups excluding carboxylic acids is 1. The van der Waals surface area contributed by atoms with Gasteiger partial charge >= 0.3 is 0 Å².